The predicted molar refractivity (Wildman–Crippen MR) is 121 cm³/mol. The molecule has 0 radical (unpaired) electrons. The number of aromatic nitrogens is 1. The molecule has 0 atom stereocenters. The largest absolute Gasteiger partial charge is 0.456 e. The molecule has 1 aliphatic heterocycles. The zero-order chi connectivity index (χ0) is 23.4. The first kappa shape index (κ1) is 22.0. The molecular formula is C25H23N3O5. The number of Topliss-reactive ketones (excluding diaryl/α,β-unsaturated/α-hetero) is 1. The van der Waals surface area contributed by atoms with Gasteiger partial charge in [-0.25, -0.2) is 4.79 Å². The summed E-state index contributed by atoms with van der Waals surface area (Å²) in [4.78, 5) is 48.3. The Hall–Kier alpha value is -4.20. The van der Waals surface area contributed by atoms with E-state index in [0.717, 1.165) is 22.7 Å². The number of para-hydroxylation sites is 1. The van der Waals surface area contributed by atoms with Crippen molar-refractivity contribution in [1.82, 2.24) is 15.2 Å². The van der Waals surface area contributed by atoms with Crippen molar-refractivity contribution in [3.63, 3.8) is 0 Å². The average molecular weight is 445 g/mol. The first-order chi connectivity index (χ1) is 15.9. The molecule has 2 heterocycles. The first-order valence-electron chi connectivity index (χ1n) is 10.6. The molecule has 8 heteroatoms. The van der Waals surface area contributed by atoms with Crippen molar-refractivity contribution in [2.24, 2.45) is 0 Å². The first-order valence-corrected chi connectivity index (χ1v) is 10.6. The minimum Gasteiger partial charge on any atom is -0.456 e. The lowest BCUT2D eigenvalue weighted by Gasteiger charge is -2.07. The molecule has 1 aromatic heterocycles. The number of ketones is 1. The predicted octanol–water partition coefficient (Wildman–Crippen LogP) is 2.11. The summed E-state index contributed by atoms with van der Waals surface area (Å²) in [5.74, 6) is -2.08. The van der Waals surface area contributed by atoms with Crippen LogP contribution >= 0.6 is 0 Å². The van der Waals surface area contributed by atoms with Gasteiger partial charge in [0.05, 0.1) is 17.7 Å². The topological polar surface area (TPSA) is 107 Å². The molecule has 0 unspecified atom stereocenters. The van der Waals surface area contributed by atoms with Crippen LogP contribution in [0.2, 0.25) is 0 Å². The number of likely N-dealkylation sites (N-methyl/N-ethyl adjacent to an activating group) is 1. The van der Waals surface area contributed by atoms with Gasteiger partial charge in [-0.1, -0.05) is 42.5 Å². The number of esters is 1. The number of nitrogens with zero attached hydrogens (tertiary/aromatic N) is 1. The van der Waals surface area contributed by atoms with Gasteiger partial charge in [0, 0.05) is 36.3 Å². The third-order valence-corrected chi connectivity index (χ3v) is 5.29. The molecule has 0 spiro atoms. The van der Waals surface area contributed by atoms with Crippen LogP contribution in [0.25, 0.3) is 10.9 Å². The number of nitrogens with one attached hydrogen (secondary N) is 2. The van der Waals surface area contributed by atoms with Crippen LogP contribution in [0.1, 0.15) is 28.4 Å². The van der Waals surface area contributed by atoms with Gasteiger partial charge in [0.1, 0.15) is 6.61 Å². The van der Waals surface area contributed by atoms with Crippen LogP contribution in [0.4, 0.5) is 0 Å². The second-order valence-corrected chi connectivity index (χ2v) is 7.70. The van der Waals surface area contributed by atoms with E-state index in [1.165, 1.54) is 0 Å². The van der Waals surface area contributed by atoms with Crippen molar-refractivity contribution in [3.8, 4) is 0 Å². The molecule has 2 amide bonds. The summed E-state index contributed by atoms with van der Waals surface area (Å²) in [6.07, 6.45) is 3.14. The lowest BCUT2D eigenvalue weighted by atomic mass is 10.1. The fourth-order valence-electron chi connectivity index (χ4n) is 3.73. The SMILES string of the molecule is CCNC(=O)Cc1ccc(Cn2cc(C(=O)C(=O)NC3=CC(=O)OC3)c3ccccc32)cc1. The van der Waals surface area contributed by atoms with E-state index in [9.17, 15) is 19.2 Å². The van der Waals surface area contributed by atoms with Gasteiger partial charge in [0.25, 0.3) is 11.7 Å². The third kappa shape index (κ3) is 5.01. The van der Waals surface area contributed by atoms with Gasteiger partial charge in [-0.15, -0.1) is 0 Å². The summed E-state index contributed by atoms with van der Waals surface area (Å²) in [5, 5.41) is 5.89. The molecule has 0 saturated carbocycles. The summed E-state index contributed by atoms with van der Waals surface area (Å²) in [6, 6.07) is 15.1. The smallest absolute Gasteiger partial charge is 0.333 e. The van der Waals surface area contributed by atoms with E-state index < -0.39 is 17.7 Å². The molecule has 168 valence electrons. The average Bonchev–Trinajstić information content (AvgIpc) is 3.38. The van der Waals surface area contributed by atoms with E-state index in [-0.39, 0.29) is 23.8 Å². The molecule has 3 aromatic rings. The molecule has 33 heavy (non-hydrogen) atoms. The lowest BCUT2D eigenvalue weighted by molar-refractivity contribution is -0.135. The van der Waals surface area contributed by atoms with Crippen LogP contribution in [0.3, 0.4) is 0 Å². The molecule has 2 aromatic carbocycles. The number of rotatable bonds is 8. The molecule has 0 fully saturated rings. The second kappa shape index (κ2) is 9.52. The maximum atomic E-state index is 12.9. The Morgan fingerprint density at radius 1 is 1.03 bits per heavy atom. The van der Waals surface area contributed by atoms with Crippen molar-refractivity contribution < 1.29 is 23.9 Å². The van der Waals surface area contributed by atoms with Crippen molar-refractivity contribution in [2.75, 3.05) is 13.2 Å². The minimum atomic E-state index is -0.822. The van der Waals surface area contributed by atoms with Crippen molar-refractivity contribution in [1.29, 1.82) is 0 Å². The lowest BCUT2D eigenvalue weighted by Crippen LogP contribution is -2.31. The maximum Gasteiger partial charge on any atom is 0.333 e. The molecule has 4 rings (SSSR count). The number of carbonyl (C=O) groups is 4. The van der Waals surface area contributed by atoms with Gasteiger partial charge < -0.3 is 19.9 Å². The van der Waals surface area contributed by atoms with Gasteiger partial charge in [-0.05, 0) is 24.1 Å². The van der Waals surface area contributed by atoms with E-state index in [1.54, 1.807) is 12.3 Å². The highest BCUT2D eigenvalue weighted by atomic mass is 16.5. The Bertz CT molecular complexity index is 1270. The van der Waals surface area contributed by atoms with Crippen molar-refractivity contribution >= 4 is 34.5 Å². The summed E-state index contributed by atoms with van der Waals surface area (Å²) in [6.45, 7) is 2.91. The summed E-state index contributed by atoms with van der Waals surface area (Å²) >= 11 is 0. The van der Waals surface area contributed by atoms with Gasteiger partial charge in [-0.3, -0.25) is 14.4 Å². The van der Waals surface area contributed by atoms with Crippen molar-refractivity contribution in [2.45, 2.75) is 19.9 Å². The number of benzene rings is 2. The quantitative estimate of drug-likeness (QED) is 0.314. The van der Waals surface area contributed by atoms with Crippen LogP contribution in [-0.2, 0) is 32.1 Å². The molecule has 0 aliphatic carbocycles. The van der Waals surface area contributed by atoms with Gasteiger partial charge in [-0.2, -0.15) is 0 Å². The van der Waals surface area contributed by atoms with Crippen LogP contribution in [0.5, 0.6) is 0 Å². The molecule has 0 saturated heterocycles. The van der Waals surface area contributed by atoms with E-state index in [0.29, 0.717) is 24.9 Å². The molecule has 1 aliphatic rings. The van der Waals surface area contributed by atoms with E-state index in [1.807, 2.05) is 54.0 Å². The standard InChI is InChI=1S/C25H23N3O5/c1-2-26-22(29)11-16-7-9-17(10-8-16)13-28-14-20(19-5-3-4-6-21(19)28)24(31)25(32)27-18-12-23(30)33-15-18/h3-10,12,14H,2,11,13,15H2,1H3,(H,26,29)(H,27,32). The highest BCUT2D eigenvalue weighted by Crippen LogP contribution is 2.23. The number of hydrogen-bond donors (Lipinski definition) is 2. The molecule has 2 N–H and O–H groups in total. The molecule has 8 nitrogen and oxygen atoms in total. The third-order valence-electron chi connectivity index (χ3n) is 5.29. The van der Waals surface area contributed by atoms with Gasteiger partial charge in [0.2, 0.25) is 5.91 Å². The minimum absolute atomic E-state index is 0.0209. The normalized spacial score (nSPS) is 12.9. The fraction of sp³-hybridized carbons (Fsp3) is 0.200. The Balaban J connectivity index is 1.54. The van der Waals surface area contributed by atoms with E-state index in [4.69, 9.17) is 4.74 Å². The summed E-state index contributed by atoms with van der Waals surface area (Å²) < 4.78 is 6.66. The molecule has 0 bridgehead atoms. The van der Waals surface area contributed by atoms with E-state index in [2.05, 4.69) is 10.6 Å². The Morgan fingerprint density at radius 2 is 1.76 bits per heavy atom. The number of amides is 2. The molecular weight excluding hydrogens is 422 g/mol. The van der Waals surface area contributed by atoms with Gasteiger partial charge >= 0.3 is 5.97 Å². The van der Waals surface area contributed by atoms with E-state index >= 15 is 0 Å². The van der Waals surface area contributed by atoms with Crippen LogP contribution < -0.4 is 10.6 Å². The van der Waals surface area contributed by atoms with Gasteiger partial charge in [0.15, 0.2) is 0 Å². The Kier molecular flexibility index (Phi) is 6.35. The fourth-order valence-corrected chi connectivity index (χ4v) is 3.73. The number of cyclic esters (lactones) is 1. The number of hydrogen-bond acceptors (Lipinski definition) is 5. The Morgan fingerprint density at radius 3 is 2.45 bits per heavy atom. The Labute approximate surface area is 190 Å². The number of fused-ring (bicyclic) bond motifs is 1. The maximum absolute atomic E-state index is 12.9. The highest BCUT2D eigenvalue weighted by molar-refractivity contribution is 6.45. The number of carbonyl (C=O) groups excluding carboxylic acids is 4. The van der Waals surface area contributed by atoms with Crippen LogP contribution in [0, 0.1) is 0 Å². The van der Waals surface area contributed by atoms with Crippen LogP contribution in [-0.4, -0.2) is 41.3 Å². The van der Waals surface area contributed by atoms with Crippen LogP contribution in [0.15, 0.2) is 66.5 Å². The summed E-state index contributed by atoms with van der Waals surface area (Å²) in [7, 11) is 0. The zero-order valence-corrected chi connectivity index (χ0v) is 18.1. The van der Waals surface area contributed by atoms with Crippen molar-refractivity contribution in [3.05, 3.63) is 83.2 Å². The zero-order valence-electron chi connectivity index (χ0n) is 18.1. The monoisotopic (exact) mass is 445 g/mol. The number of ether oxygens (including phenoxy) is 1. The summed E-state index contributed by atoms with van der Waals surface area (Å²) in [5.41, 5.74) is 3.26. The second-order valence-electron chi connectivity index (χ2n) is 7.70. The highest BCUT2D eigenvalue weighted by Gasteiger charge is 2.24.